The van der Waals surface area contributed by atoms with Crippen LogP contribution in [0.4, 0.5) is 17.3 Å². The molecule has 2 aromatic heterocycles. The number of ether oxygens (including phenoxy) is 1. The van der Waals surface area contributed by atoms with Crippen molar-refractivity contribution in [1.82, 2.24) is 25.1 Å². The molecule has 2 fully saturated rings. The molecule has 3 aromatic rings. The lowest BCUT2D eigenvalue weighted by Crippen LogP contribution is -2.50. The minimum absolute atomic E-state index is 0.0625. The third-order valence-electron chi connectivity index (χ3n) is 8.72. The Kier molecular flexibility index (Phi) is 6.03. The topological polar surface area (TPSA) is 116 Å². The lowest BCUT2D eigenvalue weighted by atomic mass is 9.73. The lowest BCUT2D eigenvalue weighted by Gasteiger charge is -2.41. The number of piperidine rings is 1. The summed E-state index contributed by atoms with van der Waals surface area (Å²) >= 11 is 0. The quantitative estimate of drug-likeness (QED) is 0.557. The van der Waals surface area contributed by atoms with E-state index in [4.69, 9.17) is 20.4 Å². The first-order valence-corrected chi connectivity index (χ1v) is 13.3. The zero-order chi connectivity index (χ0) is 25.7. The second kappa shape index (κ2) is 9.25. The second-order valence-corrected chi connectivity index (χ2v) is 10.9. The first kappa shape index (κ1) is 24.1. The second-order valence-electron chi connectivity index (χ2n) is 10.9. The van der Waals surface area contributed by atoms with E-state index in [0.29, 0.717) is 12.2 Å². The van der Waals surface area contributed by atoms with Crippen LogP contribution in [0.2, 0.25) is 0 Å². The third-order valence-corrected chi connectivity index (χ3v) is 8.72. The zero-order valence-corrected chi connectivity index (χ0v) is 21.9. The highest BCUT2D eigenvalue weighted by atomic mass is 16.5. The van der Waals surface area contributed by atoms with Gasteiger partial charge in [0.1, 0.15) is 5.82 Å². The van der Waals surface area contributed by atoms with E-state index in [1.54, 1.807) is 11.8 Å². The van der Waals surface area contributed by atoms with Gasteiger partial charge in [-0.25, -0.2) is 9.97 Å². The summed E-state index contributed by atoms with van der Waals surface area (Å²) in [5, 5.41) is 7.79. The predicted octanol–water partition coefficient (Wildman–Crippen LogP) is 2.75. The van der Waals surface area contributed by atoms with Crippen LogP contribution in [0.15, 0.2) is 24.4 Å². The van der Waals surface area contributed by atoms with Crippen LogP contribution >= 0.6 is 0 Å². The molecule has 0 bridgehead atoms. The molecule has 6 rings (SSSR count). The molecule has 10 heteroatoms. The molecule has 2 saturated heterocycles. The number of hydrogen-bond acceptors (Lipinski definition) is 8. The molecule has 0 aliphatic carbocycles. The van der Waals surface area contributed by atoms with Crippen molar-refractivity contribution in [1.29, 1.82) is 0 Å². The maximum Gasteiger partial charge on any atom is 0.219 e. The molecule has 3 aliphatic heterocycles. The molecular weight excluding hydrogens is 468 g/mol. The van der Waals surface area contributed by atoms with E-state index in [1.165, 1.54) is 11.1 Å². The van der Waals surface area contributed by atoms with Crippen molar-refractivity contribution >= 4 is 34.4 Å². The van der Waals surface area contributed by atoms with E-state index < -0.39 is 0 Å². The number of hydrogen-bond donors (Lipinski definition) is 2. The molecule has 3 aliphatic rings. The Morgan fingerprint density at radius 3 is 2.84 bits per heavy atom. The van der Waals surface area contributed by atoms with Crippen molar-refractivity contribution in [3.63, 3.8) is 0 Å². The molecule has 1 amide bonds. The number of nitrogens with one attached hydrogen (secondary N) is 1. The van der Waals surface area contributed by atoms with Gasteiger partial charge in [-0.3, -0.25) is 9.89 Å². The molecule has 1 unspecified atom stereocenters. The first-order chi connectivity index (χ1) is 17.9. The van der Waals surface area contributed by atoms with E-state index in [9.17, 15) is 4.79 Å². The number of carbonyl (C=O) groups is 1. The number of anilines is 3. The summed E-state index contributed by atoms with van der Waals surface area (Å²) in [4.78, 5) is 27.8. The Hall–Kier alpha value is -3.24. The highest BCUT2D eigenvalue weighted by molar-refractivity contribution is 5.88. The molecule has 0 saturated carbocycles. The van der Waals surface area contributed by atoms with Crippen LogP contribution < -0.4 is 15.5 Å². The Morgan fingerprint density at radius 1 is 1.30 bits per heavy atom. The van der Waals surface area contributed by atoms with Crippen LogP contribution in [-0.2, 0) is 22.5 Å². The minimum Gasteiger partial charge on any atom is -0.376 e. The van der Waals surface area contributed by atoms with Crippen molar-refractivity contribution in [2.75, 3.05) is 43.1 Å². The molecule has 1 aromatic carbocycles. The van der Waals surface area contributed by atoms with Crippen molar-refractivity contribution < 1.29 is 9.53 Å². The number of carbonyl (C=O) groups excluding carboxylic acids is 1. The summed E-state index contributed by atoms with van der Waals surface area (Å²) in [6.07, 6.45) is 5.98. The van der Waals surface area contributed by atoms with E-state index in [1.807, 2.05) is 13.2 Å². The maximum absolute atomic E-state index is 11.8. The number of rotatable bonds is 4. The van der Waals surface area contributed by atoms with E-state index in [0.717, 1.165) is 74.8 Å². The van der Waals surface area contributed by atoms with Crippen molar-refractivity contribution in [2.45, 2.75) is 58.2 Å². The highest BCUT2D eigenvalue weighted by Gasteiger charge is 2.47. The van der Waals surface area contributed by atoms with Gasteiger partial charge in [0.25, 0.3) is 0 Å². The minimum atomic E-state index is 0.0625. The highest BCUT2D eigenvalue weighted by Crippen LogP contribution is 2.42. The lowest BCUT2D eigenvalue weighted by molar-refractivity contribution is -0.128. The fourth-order valence-corrected chi connectivity index (χ4v) is 6.21. The van der Waals surface area contributed by atoms with Gasteiger partial charge in [-0.2, -0.15) is 5.10 Å². The van der Waals surface area contributed by atoms with Crippen LogP contribution in [0.25, 0.3) is 11.2 Å². The number of aromatic amines is 1. The Balaban J connectivity index is 1.24. The van der Waals surface area contributed by atoms with Crippen LogP contribution in [0, 0.1) is 5.41 Å². The van der Waals surface area contributed by atoms with Crippen LogP contribution in [0.5, 0.6) is 0 Å². The molecule has 10 nitrogen and oxygen atoms in total. The van der Waals surface area contributed by atoms with Gasteiger partial charge in [0.15, 0.2) is 17.0 Å². The van der Waals surface area contributed by atoms with Gasteiger partial charge in [-0.1, -0.05) is 12.1 Å². The summed E-state index contributed by atoms with van der Waals surface area (Å²) in [6, 6.07) is 6.40. The average Bonchev–Trinajstić information content (AvgIpc) is 3.45. The molecule has 3 N–H and O–H groups in total. The number of benzene rings is 1. The maximum atomic E-state index is 11.8. The molecule has 1 spiro atoms. The van der Waals surface area contributed by atoms with Crippen LogP contribution in [0.3, 0.4) is 0 Å². The fourth-order valence-electron chi connectivity index (χ4n) is 6.21. The first-order valence-electron chi connectivity index (χ1n) is 13.3. The van der Waals surface area contributed by atoms with E-state index in [2.05, 4.69) is 45.1 Å². The number of fused-ring (bicyclic) bond motifs is 2. The van der Waals surface area contributed by atoms with Gasteiger partial charge >= 0.3 is 0 Å². The zero-order valence-electron chi connectivity index (χ0n) is 21.9. The fraction of sp³-hybridized carbons (Fsp3) is 0.556. The normalized spacial score (nSPS) is 23.0. The number of nitrogens with zero attached hydrogens (tertiary/aromatic N) is 6. The van der Waals surface area contributed by atoms with E-state index in [-0.39, 0.29) is 23.5 Å². The Labute approximate surface area is 217 Å². The summed E-state index contributed by atoms with van der Waals surface area (Å²) in [5.41, 5.74) is 11.6. The number of amides is 1. The SMILES string of the molecule is CC(=O)N(C)Cc1cccc2c1CCCN2c1n[nH]c2nc(N3CCC4(CC3)COC(C)[C@H]4N)cnc12. The summed E-state index contributed by atoms with van der Waals surface area (Å²) in [6.45, 7) is 7.67. The van der Waals surface area contributed by atoms with Gasteiger partial charge in [0.2, 0.25) is 5.91 Å². The standard InChI is InChI=1S/C27H36N8O2/c1-17-24(28)27(16-37-17)9-12-34(13-10-27)22-14-29-23-25(30-22)31-32-26(23)35-11-5-7-20-19(6-4-8-21(20)35)15-33(3)18(2)36/h4,6,8,14,17,24H,5,7,9-13,15-16,28H2,1-3H3,(H,30,31,32)/t17?,24-/m1/s1. The van der Waals surface area contributed by atoms with Gasteiger partial charge in [0, 0.05) is 57.3 Å². The van der Waals surface area contributed by atoms with Crippen molar-refractivity contribution in [3.05, 3.63) is 35.5 Å². The van der Waals surface area contributed by atoms with Gasteiger partial charge < -0.3 is 25.2 Å². The number of H-pyrrole nitrogens is 1. The molecule has 2 atom stereocenters. The number of nitrogens with two attached hydrogens (primary N) is 1. The molecule has 0 radical (unpaired) electrons. The number of aromatic nitrogens is 4. The van der Waals surface area contributed by atoms with Gasteiger partial charge in [-0.05, 0) is 49.8 Å². The average molecular weight is 505 g/mol. The van der Waals surface area contributed by atoms with Crippen molar-refractivity contribution in [2.24, 2.45) is 11.1 Å². The van der Waals surface area contributed by atoms with Crippen molar-refractivity contribution in [3.8, 4) is 0 Å². The van der Waals surface area contributed by atoms with Crippen LogP contribution in [0.1, 0.15) is 44.2 Å². The molecule has 37 heavy (non-hydrogen) atoms. The smallest absolute Gasteiger partial charge is 0.219 e. The van der Waals surface area contributed by atoms with Gasteiger partial charge in [-0.15, -0.1) is 0 Å². The largest absolute Gasteiger partial charge is 0.376 e. The molecular formula is C27H36N8O2. The third kappa shape index (κ3) is 4.12. The summed E-state index contributed by atoms with van der Waals surface area (Å²) in [7, 11) is 1.84. The molecule has 5 heterocycles. The van der Waals surface area contributed by atoms with Crippen LogP contribution in [-0.4, -0.2) is 76.4 Å². The van der Waals surface area contributed by atoms with E-state index >= 15 is 0 Å². The molecule has 196 valence electrons. The summed E-state index contributed by atoms with van der Waals surface area (Å²) < 4.78 is 5.87. The summed E-state index contributed by atoms with van der Waals surface area (Å²) in [5.74, 6) is 1.73. The predicted molar refractivity (Wildman–Crippen MR) is 143 cm³/mol. The Morgan fingerprint density at radius 2 is 2.11 bits per heavy atom. The Bertz CT molecular complexity index is 1310. The van der Waals surface area contributed by atoms with Gasteiger partial charge in [0.05, 0.1) is 18.9 Å². The monoisotopic (exact) mass is 504 g/mol.